The Kier molecular flexibility index (Phi) is 10.7. The number of benzene rings is 2. The smallest absolute Gasteiger partial charge is 0.278 e. The number of ether oxygens (including phenoxy) is 1. The van der Waals surface area contributed by atoms with Gasteiger partial charge in [-0.25, -0.2) is 4.98 Å². The summed E-state index contributed by atoms with van der Waals surface area (Å²) in [5.41, 5.74) is 1.57. The molecule has 1 atom stereocenters. The number of piperidine rings is 3. The van der Waals surface area contributed by atoms with E-state index in [-0.39, 0.29) is 58.6 Å². The van der Waals surface area contributed by atoms with Gasteiger partial charge in [0.1, 0.15) is 35.3 Å². The second kappa shape index (κ2) is 16.0. The number of pyridine rings is 1. The fourth-order valence-electron chi connectivity index (χ4n) is 11.1. The molecule has 2 N–H and O–H groups in total. The van der Waals surface area contributed by atoms with E-state index in [0.29, 0.717) is 38.7 Å². The minimum absolute atomic E-state index is 0.140. The number of anilines is 2. The quantitative estimate of drug-likeness (QED) is 0.213. The minimum atomic E-state index is -0.845. The highest BCUT2D eigenvalue weighted by Gasteiger charge is 2.64. The van der Waals surface area contributed by atoms with Crippen molar-refractivity contribution < 1.29 is 19.1 Å². The van der Waals surface area contributed by atoms with Crippen LogP contribution in [0.1, 0.15) is 88.2 Å². The van der Waals surface area contributed by atoms with Gasteiger partial charge < -0.3 is 24.8 Å². The third-order valence-electron chi connectivity index (χ3n) is 14.4. The lowest BCUT2D eigenvalue weighted by Crippen LogP contribution is -2.74. The summed E-state index contributed by atoms with van der Waals surface area (Å²) in [7, 11) is 0. The molecule has 15 nitrogen and oxygen atoms in total. The topological polar surface area (TPSA) is 179 Å². The van der Waals surface area contributed by atoms with Crippen LogP contribution < -0.4 is 30.7 Å². The monoisotopic (exact) mass is 860 g/mol. The van der Waals surface area contributed by atoms with Crippen LogP contribution in [0.2, 0.25) is 5.02 Å². The summed E-state index contributed by atoms with van der Waals surface area (Å²) in [6.07, 6.45) is 6.37. The molecule has 3 amide bonds. The normalized spacial score (nSPS) is 24.5. The average molecular weight is 861 g/mol. The van der Waals surface area contributed by atoms with Gasteiger partial charge in [-0.1, -0.05) is 44.5 Å². The number of imide groups is 1. The molecule has 2 aromatic carbocycles. The molecule has 1 unspecified atom stereocenters. The summed E-state index contributed by atoms with van der Waals surface area (Å²) in [5, 5.41) is 23.8. The number of nitrogens with zero attached hydrogens (tertiary/aromatic N) is 8. The molecule has 1 aliphatic carbocycles. The van der Waals surface area contributed by atoms with Crippen molar-refractivity contribution in [3.63, 3.8) is 0 Å². The molecule has 9 rings (SSSR count). The Balaban J connectivity index is 0.723. The molecule has 16 heteroatoms. The summed E-state index contributed by atoms with van der Waals surface area (Å²) in [5.74, 6) is 1.10. The number of likely N-dealkylation sites (tertiary alicyclic amines) is 1. The Labute approximate surface area is 365 Å². The second-order valence-corrected chi connectivity index (χ2v) is 19.7. The van der Waals surface area contributed by atoms with E-state index in [9.17, 15) is 24.4 Å². The number of carbonyl (C=O) groups is 3. The molecule has 4 aliphatic heterocycles. The van der Waals surface area contributed by atoms with Gasteiger partial charge in [0.15, 0.2) is 0 Å². The van der Waals surface area contributed by atoms with Gasteiger partial charge in [-0.05, 0) is 93.6 Å². The molecule has 4 aromatic rings. The molecule has 2 aromatic heterocycles. The van der Waals surface area contributed by atoms with Crippen molar-refractivity contribution in [1.29, 1.82) is 5.26 Å². The predicted octanol–water partition coefficient (Wildman–Crippen LogP) is 5.12. The van der Waals surface area contributed by atoms with Crippen LogP contribution in [-0.2, 0) is 9.59 Å². The number of nitrogens with one attached hydrogen (secondary N) is 2. The van der Waals surface area contributed by atoms with Crippen molar-refractivity contribution in [1.82, 2.24) is 35.5 Å². The first-order valence-electron chi connectivity index (χ1n) is 21.7. The third-order valence-corrected chi connectivity index (χ3v) is 14.7. The van der Waals surface area contributed by atoms with Crippen LogP contribution in [0.5, 0.6) is 5.75 Å². The van der Waals surface area contributed by atoms with Crippen molar-refractivity contribution >= 4 is 51.7 Å². The highest BCUT2D eigenvalue weighted by atomic mass is 35.5. The van der Waals surface area contributed by atoms with Crippen LogP contribution in [0.25, 0.3) is 10.9 Å². The van der Waals surface area contributed by atoms with Crippen molar-refractivity contribution in [2.24, 2.45) is 22.2 Å². The van der Waals surface area contributed by atoms with Gasteiger partial charge in [0, 0.05) is 79.4 Å². The minimum Gasteiger partial charge on any atom is -0.489 e. The van der Waals surface area contributed by atoms with E-state index in [4.69, 9.17) is 21.3 Å². The summed E-state index contributed by atoms with van der Waals surface area (Å²) in [4.78, 5) is 63.0. The van der Waals surface area contributed by atoms with Gasteiger partial charge in [-0.2, -0.15) is 9.94 Å². The fraction of sp³-hybridized carbons (Fsp3) is 0.522. The predicted molar refractivity (Wildman–Crippen MR) is 234 cm³/mol. The lowest BCUT2D eigenvalue weighted by atomic mass is 9.49. The number of fused-ring (bicyclic) bond motifs is 1. The standard InChI is InChI=1S/C46H53ClN10O5/c1-44(2)42(45(3,4)43(44)62-32-8-5-29(23-48)34(47)22-32)51-39(59)30-6-11-37(49-24-30)55-17-13-28(14-18-55)25-54-19-15-46(16-20-54)26-56(27-46)31-7-9-35-33(21-31)41(61)57(53-52-35)36-10-12-38(58)50-40(36)60/h5-9,11,21-22,24,28,36,42-43H,10,12-20,25-27H2,1-4H3,(H,51,59)(H,50,58,60)/t36?,42-,43-. The zero-order valence-electron chi connectivity index (χ0n) is 35.7. The largest absolute Gasteiger partial charge is 0.489 e. The first-order chi connectivity index (χ1) is 29.6. The Morgan fingerprint density at radius 3 is 2.35 bits per heavy atom. The highest BCUT2D eigenvalue weighted by Crippen LogP contribution is 2.55. The Hall–Kier alpha value is -5.59. The van der Waals surface area contributed by atoms with E-state index >= 15 is 0 Å². The number of carbonyl (C=O) groups excluding carboxylic acids is 3. The summed E-state index contributed by atoms with van der Waals surface area (Å²) >= 11 is 6.26. The van der Waals surface area contributed by atoms with Crippen LogP contribution in [0.4, 0.5) is 11.5 Å². The van der Waals surface area contributed by atoms with Crippen LogP contribution in [0.3, 0.4) is 0 Å². The molecule has 1 saturated carbocycles. The zero-order chi connectivity index (χ0) is 43.6. The molecule has 5 fully saturated rings. The number of nitriles is 1. The summed E-state index contributed by atoms with van der Waals surface area (Å²) in [6.45, 7) is 15.4. The SMILES string of the molecule is CC1(C)[C@H](NC(=O)c2ccc(N3CCC(CN4CCC5(CC4)CN(c4ccc6nnn(C7CCC(=O)NC7=O)c(=O)c6c4)C5)CC3)nc2)C(C)(C)[C@H]1Oc1ccc(C#N)c(Cl)c1. The maximum atomic E-state index is 13.5. The molecular weight excluding hydrogens is 808 g/mol. The van der Waals surface area contributed by atoms with E-state index in [0.717, 1.165) is 87.7 Å². The number of rotatable bonds is 9. The van der Waals surface area contributed by atoms with E-state index in [2.05, 4.69) is 69.4 Å². The van der Waals surface area contributed by atoms with Crippen molar-refractivity contribution in [3.05, 3.63) is 81.2 Å². The third kappa shape index (κ3) is 7.65. The lowest BCUT2D eigenvalue weighted by molar-refractivity contribution is -0.164. The molecular formula is C46H53ClN10O5. The van der Waals surface area contributed by atoms with E-state index in [1.807, 2.05) is 30.3 Å². The number of hydrogen-bond donors (Lipinski definition) is 2. The van der Waals surface area contributed by atoms with Crippen LogP contribution in [0, 0.1) is 33.5 Å². The van der Waals surface area contributed by atoms with Crippen molar-refractivity contribution in [2.45, 2.75) is 84.4 Å². The van der Waals surface area contributed by atoms with Gasteiger partial charge in [-0.15, -0.1) is 5.10 Å². The Morgan fingerprint density at radius 2 is 1.69 bits per heavy atom. The van der Waals surface area contributed by atoms with Crippen LogP contribution >= 0.6 is 11.6 Å². The van der Waals surface area contributed by atoms with Gasteiger partial charge in [0.05, 0.1) is 21.5 Å². The van der Waals surface area contributed by atoms with Crippen LogP contribution in [0.15, 0.2) is 59.5 Å². The number of halogens is 1. The van der Waals surface area contributed by atoms with Gasteiger partial charge in [0.2, 0.25) is 5.91 Å². The maximum absolute atomic E-state index is 13.5. The van der Waals surface area contributed by atoms with E-state index in [1.165, 1.54) is 0 Å². The summed E-state index contributed by atoms with van der Waals surface area (Å²) < 4.78 is 7.50. The fourth-order valence-corrected chi connectivity index (χ4v) is 11.3. The van der Waals surface area contributed by atoms with Gasteiger partial charge in [-0.3, -0.25) is 24.5 Å². The first kappa shape index (κ1) is 41.7. The van der Waals surface area contributed by atoms with Gasteiger partial charge in [0.25, 0.3) is 17.4 Å². The maximum Gasteiger partial charge on any atom is 0.278 e. The van der Waals surface area contributed by atoms with Gasteiger partial charge >= 0.3 is 0 Å². The molecule has 0 bridgehead atoms. The second-order valence-electron chi connectivity index (χ2n) is 19.3. The zero-order valence-corrected chi connectivity index (χ0v) is 36.5. The number of aromatic nitrogens is 4. The summed E-state index contributed by atoms with van der Waals surface area (Å²) in [6, 6.07) is 15.7. The van der Waals surface area contributed by atoms with E-state index < -0.39 is 11.9 Å². The molecule has 324 valence electrons. The number of hydrogen-bond acceptors (Lipinski definition) is 12. The molecule has 1 spiro atoms. The highest BCUT2D eigenvalue weighted by molar-refractivity contribution is 6.31. The van der Waals surface area contributed by atoms with Crippen molar-refractivity contribution in [2.75, 3.05) is 55.6 Å². The Bertz CT molecular complexity index is 2500. The van der Waals surface area contributed by atoms with Crippen LogP contribution in [-0.4, -0.2) is 101 Å². The molecule has 5 aliphatic rings. The Morgan fingerprint density at radius 1 is 0.952 bits per heavy atom. The lowest BCUT2D eigenvalue weighted by Gasteiger charge is -2.63. The first-order valence-corrected chi connectivity index (χ1v) is 22.1. The molecule has 6 heterocycles. The molecule has 62 heavy (non-hydrogen) atoms. The number of amides is 3. The average Bonchev–Trinajstić information content (AvgIpc) is 3.25. The van der Waals surface area contributed by atoms with Crippen molar-refractivity contribution in [3.8, 4) is 11.8 Å². The molecule has 4 saturated heterocycles. The van der Waals surface area contributed by atoms with E-state index in [1.54, 1.807) is 24.4 Å². The molecule has 0 radical (unpaired) electrons.